The average Bonchev–Trinajstić information content (AvgIpc) is 2.16. The molecule has 0 saturated carbocycles. The largest absolute Gasteiger partial charge is 2.00 e. The van der Waals surface area contributed by atoms with Crippen molar-refractivity contribution < 1.29 is 34.8 Å². The van der Waals surface area contributed by atoms with E-state index in [-0.39, 0.29) is 48.9 Å². The second-order valence-corrected chi connectivity index (χ2v) is 2.41. The molecule has 1 aromatic carbocycles. The van der Waals surface area contributed by atoms with Crippen molar-refractivity contribution >= 4 is 55.8 Å². The fraction of sp³-hybridized carbons (Fsp3) is 0. The average molecular weight is 266 g/mol. The van der Waals surface area contributed by atoms with Crippen molar-refractivity contribution in [3.63, 3.8) is 0 Å². The molecule has 0 heterocycles. The summed E-state index contributed by atoms with van der Waals surface area (Å²) < 4.78 is 0. The number of carbonyl (C=O) groups excluding carboxylic acids is 1. The summed E-state index contributed by atoms with van der Waals surface area (Å²) in [6, 6.07) is 5.48. The Labute approximate surface area is 125 Å². The Morgan fingerprint density at radius 1 is 0.882 bits per heavy atom. The van der Waals surface area contributed by atoms with Crippen LogP contribution in [0.15, 0.2) is 24.3 Å². The fourth-order valence-corrected chi connectivity index (χ4v) is 0.856. The van der Waals surface area contributed by atoms with Crippen LogP contribution in [0.4, 0.5) is 4.79 Å². The smallest absolute Gasteiger partial charge is 0.652 e. The van der Waals surface area contributed by atoms with Gasteiger partial charge in [-0.2, -0.15) is 0 Å². The summed E-state index contributed by atoms with van der Waals surface area (Å²) >= 11 is 0. The summed E-state index contributed by atoms with van der Waals surface area (Å²) in [4.78, 5) is 29.3. The Kier molecular flexibility index (Phi) is 9.35. The minimum Gasteiger partial charge on any atom is -0.652 e. The van der Waals surface area contributed by atoms with E-state index in [1.807, 2.05) is 0 Å². The van der Waals surface area contributed by atoms with Crippen LogP contribution in [0.1, 0.15) is 20.7 Å². The summed E-state index contributed by atoms with van der Waals surface area (Å²) in [5.74, 6) is -2.46. The van der Waals surface area contributed by atoms with Gasteiger partial charge in [-0.25, -0.2) is 9.59 Å². The Morgan fingerprint density at radius 2 is 1.12 bits per heavy atom. The third-order valence-corrected chi connectivity index (χ3v) is 1.39. The molecular formula is C9H6CaO7. The van der Waals surface area contributed by atoms with Crippen molar-refractivity contribution in [2.24, 2.45) is 0 Å². The molecule has 0 amide bonds. The first-order valence-corrected chi connectivity index (χ1v) is 3.80. The standard InChI is InChI=1S/C8H6O4.CH2O3.Ca/c9-7(10)5-3-1-2-4-6(5)8(11)12;2-1(3)4;/h1-4H,(H,9,10)(H,11,12);(H2,2,3,4);/q;;+2/p-2. The van der Waals surface area contributed by atoms with E-state index in [1.165, 1.54) is 24.3 Å². The molecule has 0 spiro atoms. The molecule has 0 atom stereocenters. The number of carboxylic acid groups (broad SMARTS) is 4. The van der Waals surface area contributed by atoms with Crippen molar-refractivity contribution in [2.45, 2.75) is 0 Å². The number of carbonyl (C=O) groups is 3. The summed E-state index contributed by atoms with van der Waals surface area (Å²) in [6.45, 7) is 0. The number of carboxylic acids is 2. The first kappa shape index (κ1) is 18.1. The van der Waals surface area contributed by atoms with Crippen LogP contribution < -0.4 is 10.2 Å². The SMILES string of the molecule is O=C(O)c1ccccc1C(=O)O.O=C([O-])[O-].[Ca+2]. The second kappa shape index (κ2) is 8.80. The van der Waals surface area contributed by atoms with Gasteiger partial charge in [-0.15, -0.1) is 0 Å². The maximum Gasteiger partial charge on any atom is 2.00 e. The van der Waals surface area contributed by atoms with Gasteiger partial charge in [0.2, 0.25) is 0 Å². The Bertz CT molecular complexity index is 379. The topological polar surface area (TPSA) is 138 Å². The van der Waals surface area contributed by atoms with Gasteiger partial charge in [0.15, 0.2) is 0 Å². The van der Waals surface area contributed by atoms with E-state index in [4.69, 9.17) is 25.2 Å². The van der Waals surface area contributed by atoms with E-state index in [9.17, 15) is 9.59 Å². The molecule has 2 N–H and O–H groups in total. The second-order valence-electron chi connectivity index (χ2n) is 2.41. The van der Waals surface area contributed by atoms with E-state index in [1.54, 1.807) is 0 Å². The van der Waals surface area contributed by atoms with Crippen LogP contribution in [0.2, 0.25) is 0 Å². The van der Waals surface area contributed by atoms with E-state index in [0.29, 0.717) is 0 Å². The summed E-state index contributed by atoms with van der Waals surface area (Å²) in [7, 11) is 0. The first-order chi connectivity index (χ1) is 7.36. The van der Waals surface area contributed by atoms with Gasteiger partial charge in [-0.1, -0.05) is 12.1 Å². The molecule has 8 heteroatoms. The van der Waals surface area contributed by atoms with Gasteiger partial charge >= 0.3 is 49.7 Å². The molecule has 0 radical (unpaired) electrons. The van der Waals surface area contributed by atoms with Crippen LogP contribution in [-0.4, -0.2) is 66.0 Å². The first-order valence-electron chi connectivity index (χ1n) is 3.80. The minimum atomic E-state index is -2.33. The van der Waals surface area contributed by atoms with Crippen LogP contribution in [0, 0.1) is 0 Å². The van der Waals surface area contributed by atoms with Crippen molar-refractivity contribution in [3.05, 3.63) is 35.4 Å². The van der Waals surface area contributed by atoms with Crippen LogP contribution in [0.3, 0.4) is 0 Å². The van der Waals surface area contributed by atoms with E-state index < -0.39 is 18.1 Å². The van der Waals surface area contributed by atoms with Gasteiger partial charge in [0.25, 0.3) is 0 Å². The Hall–Kier alpha value is -1.31. The van der Waals surface area contributed by atoms with Crippen molar-refractivity contribution in [2.75, 3.05) is 0 Å². The van der Waals surface area contributed by atoms with Gasteiger partial charge < -0.3 is 25.2 Å². The van der Waals surface area contributed by atoms with Gasteiger partial charge in [-0.3, -0.25) is 0 Å². The molecule has 0 fully saturated rings. The zero-order chi connectivity index (χ0) is 12.7. The van der Waals surface area contributed by atoms with Crippen LogP contribution in [0.25, 0.3) is 0 Å². The summed E-state index contributed by atoms with van der Waals surface area (Å²) in [6.07, 6.45) is -2.33. The predicted octanol–water partition coefficient (Wildman–Crippen LogP) is -1.74. The van der Waals surface area contributed by atoms with Gasteiger partial charge in [0.1, 0.15) is 0 Å². The van der Waals surface area contributed by atoms with Crippen molar-refractivity contribution in [3.8, 4) is 0 Å². The Balaban J connectivity index is 0. The van der Waals surface area contributed by atoms with Crippen LogP contribution in [-0.2, 0) is 0 Å². The number of rotatable bonds is 2. The van der Waals surface area contributed by atoms with Crippen molar-refractivity contribution in [1.82, 2.24) is 0 Å². The minimum absolute atomic E-state index is 0. The molecule has 0 bridgehead atoms. The predicted molar refractivity (Wildman–Crippen MR) is 51.5 cm³/mol. The Morgan fingerprint density at radius 3 is 1.29 bits per heavy atom. The zero-order valence-electron chi connectivity index (χ0n) is 8.45. The number of hydrogen-bond acceptors (Lipinski definition) is 5. The van der Waals surface area contributed by atoms with E-state index in [2.05, 4.69) is 0 Å². The molecule has 86 valence electrons. The molecular weight excluding hydrogens is 260 g/mol. The fourth-order valence-electron chi connectivity index (χ4n) is 0.856. The maximum absolute atomic E-state index is 10.5. The molecule has 0 saturated heterocycles. The molecule has 0 aliphatic carbocycles. The summed E-state index contributed by atoms with van der Waals surface area (Å²) in [5.41, 5.74) is -0.380. The monoisotopic (exact) mass is 266 g/mol. The van der Waals surface area contributed by atoms with Gasteiger partial charge in [0, 0.05) is 0 Å². The van der Waals surface area contributed by atoms with Crippen LogP contribution in [0.5, 0.6) is 0 Å². The van der Waals surface area contributed by atoms with E-state index >= 15 is 0 Å². The number of benzene rings is 1. The normalized spacial score (nSPS) is 8.00. The third-order valence-electron chi connectivity index (χ3n) is 1.39. The molecule has 0 aromatic heterocycles. The van der Waals surface area contributed by atoms with Crippen molar-refractivity contribution in [1.29, 1.82) is 0 Å². The molecule has 1 rings (SSSR count). The van der Waals surface area contributed by atoms with E-state index in [0.717, 1.165) is 0 Å². The zero-order valence-corrected chi connectivity index (χ0v) is 10.7. The molecule has 17 heavy (non-hydrogen) atoms. The molecule has 7 nitrogen and oxygen atoms in total. The molecule has 0 unspecified atom stereocenters. The summed E-state index contributed by atoms with van der Waals surface area (Å²) in [5, 5.41) is 33.8. The van der Waals surface area contributed by atoms with Gasteiger partial charge in [0.05, 0.1) is 11.1 Å². The number of hydrogen-bond donors (Lipinski definition) is 2. The third kappa shape index (κ3) is 7.56. The van der Waals surface area contributed by atoms with Crippen LogP contribution >= 0.6 is 0 Å². The maximum atomic E-state index is 10.5. The number of aromatic carboxylic acids is 2. The molecule has 1 aromatic rings. The molecule has 0 aliphatic heterocycles. The quantitative estimate of drug-likeness (QED) is 0.605. The molecule has 0 aliphatic rings. The van der Waals surface area contributed by atoms with Gasteiger partial charge in [-0.05, 0) is 18.3 Å².